The fourth-order valence-corrected chi connectivity index (χ4v) is 6.20. The van der Waals surface area contributed by atoms with Crippen molar-refractivity contribution >= 4 is 55.6 Å². The quantitative estimate of drug-likeness (QED) is 0.556. The number of carbonyl (C=O) groups is 1. The van der Waals surface area contributed by atoms with Gasteiger partial charge >= 0.3 is 0 Å². The fraction of sp³-hybridized carbons (Fsp3) is 0.318. The molecule has 9 heteroatoms. The minimum absolute atomic E-state index is 0.0610. The van der Waals surface area contributed by atoms with Crippen LogP contribution < -0.4 is 9.62 Å². The molecule has 5 nitrogen and oxygen atoms in total. The van der Waals surface area contributed by atoms with Gasteiger partial charge in [0, 0.05) is 22.3 Å². The molecule has 0 radical (unpaired) electrons. The fourth-order valence-electron chi connectivity index (χ4n) is 3.59. The summed E-state index contributed by atoms with van der Waals surface area (Å²) >= 11 is 7.40. The van der Waals surface area contributed by atoms with Crippen LogP contribution in [0.3, 0.4) is 0 Å². The molecule has 1 N–H and O–H groups in total. The molecule has 3 aromatic rings. The van der Waals surface area contributed by atoms with E-state index in [9.17, 15) is 13.4 Å². The minimum atomic E-state index is -1.55. The topological polar surface area (TPSA) is 52.7 Å². The van der Waals surface area contributed by atoms with E-state index in [1.807, 2.05) is 50.2 Å². The number of carbonyl (C=O) groups excluding carboxylic acids is 1. The molecule has 31 heavy (non-hydrogen) atoms. The van der Waals surface area contributed by atoms with E-state index < -0.39 is 22.8 Å². The number of fused-ring (bicyclic) bond motifs is 1. The Kier molecular flexibility index (Phi) is 6.46. The van der Waals surface area contributed by atoms with E-state index in [4.69, 9.17) is 11.6 Å². The third-order valence-electron chi connectivity index (χ3n) is 5.62. The zero-order chi connectivity index (χ0) is 22.3. The van der Waals surface area contributed by atoms with Gasteiger partial charge in [-0.15, -0.1) is 11.3 Å². The van der Waals surface area contributed by atoms with Crippen molar-refractivity contribution in [2.24, 2.45) is 0 Å². The van der Waals surface area contributed by atoms with E-state index >= 15 is 0 Å². The molecule has 2 aromatic carbocycles. The lowest BCUT2D eigenvalue weighted by Gasteiger charge is -2.22. The molecular weight excluding hydrogens is 457 g/mol. The number of halogens is 2. The summed E-state index contributed by atoms with van der Waals surface area (Å²) in [6.45, 7) is 2.36. The Bertz CT molecular complexity index is 1170. The van der Waals surface area contributed by atoms with Crippen LogP contribution in [0.4, 0.5) is 10.1 Å². The zero-order valence-corrected chi connectivity index (χ0v) is 19.8. The third kappa shape index (κ3) is 4.54. The molecule has 0 saturated carbocycles. The highest BCUT2D eigenvalue weighted by atomic mass is 35.5. The van der Waals surface area contributed by atoms with Crippen molar-refractivity contribution in [3.8, 4) is 0 Å². The van der Waals surface area contributed by atoms with Gasteiger partial charge in [-0.25, -0.2) is 13.3 Å². The molecule has 1 aromatic heterocycles. The Morgan fingerprint density at radius 3 is 2.74 bits per heavy atom. The number of anilines is 1. The predicted molar refractivity (Wildman–Crippen MR) is 126 cm³/mol. The van der Waals surface area contributed by atoms with Gasteiger partial charge < -0.3 is 9.80 Å². The van der Waals surface area contributed by atoms with Gasteiger partial charge in [0.05, 0.1) is 5.69 Å². The number of nitrogens with one attached hydrogen (secondary N) is 1. The normalized spacial score (nSPS) is 18.8. The number of nitrogens with zero attached hydrogens (tertiary/aromatic N) is 2. The average molecular weight is 480 g/mol. The summed E-state index contributed by atoms with van der Waals surface area (Å²) in [5, 5.41) is 1.57. The standard InChI is InChI=1S/C22H23ClFN3O2S2/c1-13(26(2)3)14-5-7-19(17(24)10-14)27-9-8-18(22(27)28)25-31(29)21-11-15-4-6-16(23)12-20(15)30-21/h4-7,10-13,18,25H,8-9H2,1-3H3. The van der Waals surface area contributed by atoms with Crippen LogP contribution in [0.5, 0.6) is 0 Å². The van der Waals surface area contributed by atoms with E-state index in [-0.39, 0.29) is 17.6 Å². The van der Waals surface area contributed by atoms with E-state index in [2.05, 4.69) is 4.72 Å². The molecule has 4 rings (SSSR count). The van der Waals surface area contributed by atoms with Crippen LogP contribution in [0.2, 0.25) is 5.02 Å². The lowest BCUT2D eigenvalue weighted by atomic mass is 10.1. The first-order valence-corrected chi connectivity index (χ1v) is 12.2. The summed E-state index contributed by atoms with van der Waals surface area (Å²) in [7, 11) is 2.32. The number of rotatable bonds is 6. The van der Waals surface area contributed by atoms with Crippen LogP contribution in [-0.2, 0) is 15.8 Å². The number of hydrogen-bond donors (Lipinski definition) is 1. The zero-order valence-electron chi connectivity index (χ0n) is 17.4. The lowest BCUT2D eigenvalue weighted by molar-refractivity contribution is -0.118. The van der Waals surface area contributed by atoms with Gasteiger partial charge in [0.25, 0.3) is 0 Å². The monoisotopic (exact) mass is 479 g/mol. The maximum absolute atomic E-state index is 14.8. The van der Waals surface area contributed by atoms with Gasteiger partial charge in [-0.05, 0) is 68.7 Å². The maximum Gasteiger partial charge on any atom is 0.245 e. The molecule has 1 amide bonds. The highest BCUT2D eigenvalue weighted by Crippen LogP contribution is 2.31. The first-order valence-electron chi connectivity index (χ1n) is 9.89. The second kappa shape index (κ2) is 8.96. The Balaban J connectivity index is 1.48. The van der Waals surface area contributed by atoms with Crippen molar-refractivity contribution in [1.82, 2.24) is 9.62 Å². The summed E-state index contributed by atoms with van der Waals surface area (Å²) in [5.74, 6) is -0.701. The van der Waals surface area contributed by atoms with Crippen LogP contribution in [-0.4, -0.2) is 41.7 Å². The second-order valence-electron chi connectivity index (χ2n) is 7.82. The van der Waals surface area contributed by atoms with Gasteiger partial charge in [0.2, 0.25) is 5.91 Å². The number of benzene rings is 2. The van der Waals surface area contributed by atoms with Gasteiger partial charge in [-0.3, -0.25) is 4.79 Å². The van der Waals surface area contributed by atoms with E-state index in [1.165, 1.54) is 22.3 Å². The Morgan fingerprint density at radius 1 is 1.26 bits per heavy atom. The van der Waals surface area contributed by atoms with Crippen LogP contribution in [0.25, 0.3) is 10.1 Å². The smallest absolute Gasteiger partial charge is 0.245 e. The summed E-state index contributed by atoms with van der Waals surface area (Å²) in [6, 6.07) is 11.7. The molecule has 1 saturated heterocycles. The molecule has 1 aliphatic rings. The second-order valence-corrected chi connectivity index (χ2v) is 10.8. The van der Waals surface area contributed by atoms with Crippen molar-refractivity contribution in [2.75, 3.05) is 25.5 Å². The third-order valence-corrected chi connectivity index (χ3v) is 8.43. The van der Waals surface area contributed by atoms with Crippen LogP contribution in [0.15, 0.2) is 46.7 Å². The van der Waals surface area contributed by atoms with Gasteiger partial charge in [0.15, 0.2) is 0 Å². The molecule has 0 spiro atoms. The molecular formula is C22H23ClFN3O2S2. The molecule has 1 aliphatic heterocycles. The van der Waals surface area contributed by atoms with Gasteiger partial charge in [0.1, 0.15) is 27.1 Å². The number of hydrogen-bond acceptors (Lipinski definition) is 4. The first kappa shape index (κ1) is 22.4. The molecule has 2 heterocycles. The Hall–Kier alpha value is -1.84. The highest BCUT2D eigenvalue weighted by Gasteiger charge is 2.35. The van der Waals surface area contributed by atoms with Crippen molar-refractivity contribution in [3.05, 3.63) is 58.9 Å². The number of thiophene rings is 1. The van der Waals surface area contributed by atoms with Crippen molar-refractivity contribution in [1.29, 1.82) is 0 Å². The van der Waals surface area contributed by atoms with E-state index in [0.717, 1.165) is 15.6 Å². The molecule has 0 aliphatic carbocycles. The molecule has 3 unspecified atom stereocenters. The summed E-state index contributed by atoms with van der Waals surface area (Å²) in [4.78, 5) is 16.3. The van der Waals surface area contributed by atoms with Crippen molar-refractivity contribution in [3.63, 3.8) is 0 Å². The molecule has 164 valence electrons. The number of amides is 1. The molecule has 0 bridgehead atoms. The van der Waals surface area contributed by atoms with Crippen molar-refractivity contribution < 1.29 is 13.4 Å². The minimum Gasteiger partial charge on any atom is -0.308 e. The largest absolute Gasteiger partial charge is 0.308 e. The SMILES string of the molecule is CC(c1ccc(N2CCC(NS(=O)c3cc4ccc(Cl)cc4s3)C2=O)c(F)c1)N(C)C. The molecule has 3 atom stereocenters. The Labute approximate surface area is 192 Å². The summed E-state index contributed by atoms with van der Waals surface area (Å²) in [5.41, 5.74) is 1.10. The van der Waals surface area contributed by atoms with Crippen LogP contribution in [0.1, 0.15) is 24.9 Å². The first-order chi connectivity index (χ1) is 14.7. The summed E-state index contributed by atoms with van der Waals surface area (Å²) in [6.07, 6.45) is 0.455. The van der Waals surface area contributed by atoms with Crippen molar-refractivity contribution in [2.45, 2.75) is 29.6 Å². The van der Waals surface area contributed by atoms with E-state index in [0.29, 0.717) is 22.2 Å². The maximum atomic E-state index is 14.8. The highest BCUT2D eigenvalue weighted by molar-refractivity contribution is 7.85. The van der Waals surface area contributed by atoms with Gasteiger partial charge in [-0.2, -0.15) is 0 Å². The summed E-state index contributed by atoms with van der Waals surface area (Å²) < 4.78 is 32.1. The molecule has 1 fully saturated rings. The Morgan fingerprint density at radius 2 is 2.03 bits per heavy atom. The lowest BCUT2D eigenvalue weighted by Crippen LogP contribution is -2.39. The van der Waals surface area contributed by atoms with Gasteiger partial charge in [-0.1, -0.05) is 23.7 Å². The average Bonchev–Trinajstić information content (AvgIpc) is 3.31. The van der Waals surface area contributed by atoms with Crippen LogP contribution in [0, 0.1) is 5.82 Å². The van der Waals surface area contributed by atoms with E-state index in [1.54, 1.807) is 12.1 Å². The van der Waals surface area contributed by atoms with Crippen LogP contribution >= 0.6 is 22.9 Å². The predicted octanol–water partition coefficient (Wildman–Crippen LogP) is 4.73.